The quantitative estimate of drug-likeness (QED) is 0.0283. The zero-order valence-corrected chi connectivity index (χ0v) is 30.4. The zero-order chi connectivity index (χ0) is 35.6. The first-order valence-corrected chi connectivity index (χ1v) is 17.2. The van der Waals surface area contributed by atoms with E-state index in [2.05, 4.69) is 19.1 Å². The Hall–Kier alpha value is -2.99. The largest absolute Gasteiger partial charge is 0.460 e. The zero-order valence-electron chi connectivity index (χ0n) is 30.4. The fourth-order valence-electron chi connectivity index (χ4n) is 4.68. The lowest BCUT2D eigenvalue weighted by atomic mass is 10.1. The average Bonchev–Trinajstić information content (AvgIpc) is 2.94. The predicted molar refractivity (Wildman–Crippen MR) is 179 cm³/mol. The minimum absolute atomic E-state index is 0.0697. The summed E-state index contributed by atoms with van der Waals surface area (Å²) in [5.41, 5.74) is 0. The Bertz CT molecular complexity index is 949. The van der Waals surface area contributed by atoms with Gasteiger partial charge in [-0.3, -0.25) is 14.4 Å². The van der Waals surface area contributed by atoms with E-state index in [0.29, 0.717) is 30.4 Å². The molecule has 0 aliphatic rings. The third-order valence-electron chi connectivity index (χ3n) is 7.55. The molecule has 0 unspecified atom stereocenters. The molecule has 47 heavy (non-hydrogen) atoms. The van der Waals surface area contributed by atoms with Crippen LogP contribution >= 0.6 is 0 Å². The van der Waals surface area contributed by atoms with Gasteiger partial charge in [0.2, 0.25) is 6.79 Å². The molecule has 0 rings (SSSR count). The van der Waals surface area contributed by atoms with Gasteiger partial charge in [0.25, 0.3) is 0 Å². The molecule has 0 aromatic heterocycles. The van der Waals surface area contributed by atoms with Crippen molar-refractivity contribution in [3.63, 3.8) is 0 Å². The van der Waals surface area contributed by atoms with E-state index in [1.54, 1.807) is 0 Å². The van der Waals surface area contributed by atoms with Crippen molar-refractivity contribution in [3.8, 4) is 0 Å². The maximum Gasteiger partial charge on any atom is 0.364 e. The second-order valence-corrected chi connectivity index (χ2v) is 13.4. The van der Waals surface area contributed by atoms with E-state index in [0.717, 1.165) is 57.8 Å². The van der Waals surface area contributed by atoms with Gasteiger partial charge in [0.1, 0.15) is 32.4 Å². The molecule has 0 saturated heterocycles. The molecule has 0 bridgehead atoms. The van der Waals surface area contributed by atoms with Crippen LogP contribution in [0.25, 0.3) is 0 Å². The molecular weight excluding hydrogens is 608 g/mol. The summed E-state index contributed by atoms with van der Waals surface area (Å²) in [5, 5.41) is 0. The highest BCUT2D eigenvalue weighted by atomic mass is 16.7. The SMILES string of the molecule is CCCCCC[C@H](C/C=C\CCCCCCCC(=O)OCOC(=O)C[N+](C)(C)CCOC(C)=O)OC(=O)C[N+](C)(C)CCOC(C)=O. The molecule has 0 aromatic rings. The molecule has 0 radical (unpaired) electrons. The molecule has 0 heterocycles. The molecular formula is C35H64N2O10+2. The van der Waals surface area contributed by atoms with E-state index in [9.17, 15) is 24.0 Å². The van der Waals surface area contributed by atoms with Crippen molar-refractivity contribution in [2.45, 2.75) is 110 Å². The van der Waals surface area contributed by atoms with E-state index >= 15 is 0 Å². The number of likely N-dealkylation sites (N-methyl/N-ethyl adjacent to an activating group) is 2. The maximum absolute atomic E-state index is 12.7. The molecule has 272 valence electrons. The normalized spacial score (nSPS) is 12.4. The van der Waals surface area contributed by atoms with Crippen LogP contribution < -0.4 is 0 Å². The minimum atomic E-state index is -0.490. The average molecular weight is 673 g/mol. The topological polar surface area (TPSA) is 132 Å². The number of quaternary nitrogens is 2. The number of carbonyl (C=O) groups excluding carboxylic acids is 5. The fourth-order valence-corrected chi connectivity index (χ4v) is 4.68. The van der Waals surface area contributed by atoms with Crippen LogP contribution in [0.2, 0.25) is 0 Å². The number of nitrogens with zero attached hydrogens (tertiary/aromatic N) is 2. The number of unbranched alkanes of at least 4 members (excludes halogenated alkanes) is 8. The lowest BCUT2D eigenvalue weighted by Gasteiger charge is -2.29. The molecule has 0 fully saturated rings. The summed E-state index contributed by atoms with van der Waals surface area (Å²) in [6.07, 6.45) is 16.1. The van der Waals surface area contributed by atoms with Gasteiger partial charge in [0.05, 0.1) is 28.2 Å². The highest BCUT2D eigenvalue weighted by molar-refractivity contribution is 5.72. The summed E-state index contributed by atoms with van der Waals surface area (Å²) < 4.78 is 26.5. The molecule has 0 aromatic carbocycles. The molecule has 0 spiro atoms. The van der Waals surface area contributed by atoms with E-state index in [4.69, 9.17) is 23.7 Å². The van der Waals surface area contributed by atoms with Gasteiger partial charge in [0.15, 0.2) is 13.1 Å². The van der Waals surface area contributed by atoms with Crippen LogP contribution in [0, 0.1) is 0 Å². The van der Waals surface area contributed by atoms with Crippen LogP contribution in [0.3, 0.4) is 0 Å². The number of ether oxygens (including phenoxy) is 5. The van der Waals surface area contributed by atoms with E-state index in [1.807, 2.05) is 28.2 Å². The standard InChI is InChI=1S/C35H64N2O10/c1-8-9-10-17-20-32(47-35(42)28-37(6,7)24-26-44-31(3)39)21-18-15-13-11-12-14-16-19-22-33(40)45-29-46-34(41)27-36(4,5)23-25-43-30(2)38/h15,18,32H,8-14,16-17,19-29H2,1-7H3/q+2/b18-15-/t32-/m1/s1. The number of esters is 5. The highest BCUT2D eigenvalue weighted by Gasteiger charge is 2.24. The predicted octanol–water partition coefficient (Wildman–Crippen LogP) is 4.87. The fraction of sp³-hybridized carbons (Fsp3) is 0.800. The molecule has 12 nitrogen and oxygen atoms in total. The van der Waals surface area contributed by atoms with Crippen LogP contribution in [0.1, 0.15) is 104 Å². The van der Waals surface area contributed by atoms with E-state index in [1.165, 1.54) is 20.3 Å². The second kappa shape index (κ2) is 26.0. The van der Waals surface area contributed by atoms with Gasteiger partial charge in [0, 0.05) is 26.7 Å². The van der Waals surface area contributed by atoms with Crippen molar-refractivity contribution in [2.75, 3.05) is 74.4 Å². The monoisotopic (exact) mass is 672 g/mol. The van der Waals surface area contributed by atoms with Crippen molar-refractivity contribution in [1.29, 1.82) is 0 Å². The molecule has 0 amide bonds. The van der Waals surface area contributed by atoms with Crippen molar-refractivity contribution in [2.24, 2.45) is 0 Å². The molecule has 12 heteroatoms. The van der Waals surface area contributed by atoms with Gasteiger partial charge >= 0.3 is 29.8 Å². The molecule has 0 aliphatic heterocycles. The van der Waals surface area contributed by atoms with Gasteiger partial charge in [-0.25, -0.2) is 9.59 Å². The molecule has 1 atom stereocenters. The molecule has 0 saturated carbocycles. The number of allylic oxidation sites excluding steroid dienone is 1. The smallest absolute Gasteiger partial charge is 0.364 e. The Morgan fingerprint density at radius 1 is 0.617 bits per heavy atom. The van der Waals surface area contributed by atoms with Crippen molar-refractivity contribution < 1.29 is 56.6 Å². The molecule has 0 aliphatic carbocycles. The van der Waals surface area contributed by atoms with Crippen molar-refractivity contribution in [1.82, 2.24) is 0 Å². The first-order valence-electron chi connectivity index (χ1n) is 17.2. The Kier molecular flexibility index (Phi) is 24.4. The van der Waals surface area contributed by atoms with Crippen molar-refractivity contribution in [3.05, 3.63) is 12.2 Å². The third kappa shape index (κ3) is 28.9. The van der Waals surface area contributed by atoms with Crippen LogP contribution in [-0.2, 0) is 47.7 Å². The summed E-state index contributed by atoms with van der Waals surface area (Å²) >= 11 is 0. The highest BCUT2D eigenvalue weighted by Crippen LogP contribution is 2.14. The van der Waals surface area contributed by atoms with E-state index in [-0.39, 0.29) is 61.2 Å². The van der Waals surface area contributed by atoms with Crippen LogP contribution in [0.15, 0.2) is 12.2 Å². The number of hydrogen-bond donors (Lipinski definition) is 0. The van der Waals surface area contributed by atoms with Crippen LogP contribution in [0.5, 0.6) is 0 Å². The Morgan fingerprint density at radius 2 is 1.15 bits per heavy atom. The lowest BCUT2D eigenvalue weighted by molar-refractivity contribution is -0.883. The third-order valence-corrected chi connectivity index (χ3v) is 7.55. The first-order chi connectivity index (χ1) is 22.2. The lowest BCUT2D eigenvalue weighted by Crippen LogP contribution is -2.47. The molecule has 0 N–H and O–H groups in total. The summed E-state index contributed by atoms with van der Waals surface area (Å²) in [5.74, 6) is -1.80. The van der Waals surface area contributed by atoms with Gasteiger partial charge in [-0.15, -0.1) is 0 Å². The van der Waals surface area contributed by atoms with Crippen molar-refractivity contribution >= 4 is 29.8 Å². The number of rotatable bonds is 28. The summed E-state index contributed by atoms with van der Waals surface area (Å²) in [6, 6.07) is 0. The summed E-state index contributed by atoms with van der Waals surface area (Å²) in [6.45, 7) is 6.26. The van der Waals surface area contributed by atoms with Gasteiger partial charge < -0.3 is 32.7 Å². The maximum atomic E-state index is 12.7. The van der Waals surface area contributed by atoms with Crippen LogP contribution in [-0.4, -0.2) is 119 Å². The number of hydrogen-bond acceptors (Lipinski definition) is 10. The Labute approximate surface area is 283 Å². The number of carbonyl (C=O) groups is 5. The minimum Gasteiger partial charge on any atom is -0.460 e. The summed E-state index contributed by atoms with van der Waals surface area (Å²) in [7, 11) is 7.49. The second-order valence-electron chi connectivity index (χ2n) is 13.4. The summed E-state index contributed by atoms with van der Waals surface area (Å²) in [4.78, 5) is 58.6. The Balaban J connectivity index is 4.19. The Morgan fingerprint density at radius 3 is 1.74 bits per heavy atom. The van der Waals surface area contributed by atoms with Crippen LogP contribution in [0.4, 0.5) is 0 Å². The van der Waals surface area contributed by atoms with E-state index < -0.39 is 18.7 Å². The van der Waals surface area contributed by atoms with Gasteiger partial charge in [-0.1, -0.05) is 57.6 Å². The van der Waals surface area contributed by atoms with Gasteiger partial charge in [-0.05, 0) is 32.1 Å². The first kappa shape index (κ1) is 44.0. The van der Waals surface area contributed by atoms with Gasteiger partial charge in [-0.2, -0.15) is 0 Å².